The number of carbonyl (C=O) groups is 1. The predicted octanol–water partition coefficient (Wildman–Crippen LogP) is 3.77. The lowest BCUT2D eigenvalue weighted by atomic mass is 10.2. The lowest BCUT2D eigenvalue weighted by molar-refractivity contribution is 0.0977. The fourth-order valence-electron chi connectivity index (χ4n) is 3.36. The van der Waals surface area contributed by atoms with Crippen LogP contribution in [0.5, 0.6) is 11.5 Å². The van der Waals surface area contributed by atoms with Crippen molar-refractivity contribution in [1.82, 2.24) is 15.1 Å². The van der Waals surface area contributed by atoms with E-state index in [0.29, 0.717) is 42.8 Å². The van der Waals surface area contributed by atoms with E-state index < -0.39 is 0 Å². The van der Waals surface area contributed by atoms with Crippen LogP contribution in [0.3, 0.4) is 0 Å². The zero-order chi connectivity index (χ0) is 22.3. The van der Waals surface area contributed by atoms with Crippen LogP contribution in [-0.4, -0.2) is 34.9 Å². The number of nitrogens with zero attached hydrogens (tertiary/aromatic N) is 3. The van der Waals surface area contributed by atoms with Crippen molar-refractivity contribution < 1.29 is 14.3 Å². The minimum atomic E-state index is -0.243. The normalized spacial score (nSPS) is 13.0. The summed E-state index contributed by atoms with van der Waals surface area (Å²) in [5.74, 6) is 1.46. The van der Waals surface area contributed by atoms with Gasteiger partial charge in [-0.25, -0.2) is 4.99 Å². The smallest absolute Gasteiger partial charge is 0.257 e. The second-order valence-electron chi connectivity index (χ2n) is 7.47. The number of fused-ring (bicyclic) bond motifs is 1. The maximum absolute atomic E-state index is 12.8. The fourth-order valence-corrected chi connectivity index (χ4v) is 3.36. The summed E-state index contributed by atoms with van der Waals surface area (Å²) in [7, 11) is 0. The summed E-state index contributed by atoms with van der Waals surface area (Å²) in [6, 6.07) is 14.6. The molecule has 0 saturated heterocycles. The van der Waals surface area contributed by atoms with Crippen molar-refractivity contribution in [2.75, 3.05) is 18.5 Å². The number of anilines is 1. The Labute approximate surface area is 187 Å². The Balaban J connectivity index is 1.56. The van der Waals surface area contributed by atoms with Crippen LogP contribution in [0.2, 0.25) is 0 Å². The van der Waals surface area contributed by atoms with Gasteiger partial charge in [0, 0.05) is 35.6 Å². The van der Waals surface area contributed by atoms with Crippen LogP contribution < -0.4 is 20.1 Å². The second kappa shape index (κ2) is 10.00. The molecule has 1 aliphatic heterocycles. The van der Waals surface area contributed by atoms with Gasteiger partial charge in [0.1, 0.15) is 13.2 Å². The molecule has 0 atom stereocenters. The van der Waals surface area contributed by atoms with E-state index in [1.165, 1.54) is 0 Å². The van der Waals surface area contributed by atoms with Gasteiger partial charge >= 0.3 is 0 Å². The van der Waals surface area contributed by atoms with Gasteiger partial charge in [-0.1, -0.05) is 25.1 Å². The summed E-state index contributed by atoms with van der Waals surface area (Å²) in [6.07, 6.45) is 3.01. The topological polar surface area (TPSA) is 89.8 Å². The summed E-state index contributed by atoms with van der Waals surface area (Å²) in [4.78, 5) is 17.4. The van der Waals surface area contributed by atoms with Gasteiger partial charge < -0.3 is 14.8 Å². The number of guanidine groups is 1. The van der Waals surface area contributed by atoms with Crippen molar-refractivity contribution >= 4 is 17.6 Å². The third kappa shape index (κ3) is 5.26. The molecule has 32 heavy (non-hydrogen) atoms. The molecule has 8 heteroatoms. The van der Waals surface area contributed by atoms with Crippen LogP contribution in [-0.2, 0) is 13.1 Å². The SMILES string of the molecule is CCCn1cc(CN=C(NC(=O)c2ccccc2)Nc2ccc3c(c2)OCCO3)c(C)n1. The van der Waals surface area contributed by atoms with Crippen LogP contribution in [0.15, 0.2) is 59.7 Å². The predicted molar refractivity (Wildman–Crippen MR) is 123 cm³/mol. The molecule has 0 unspecified atom stereocenters. The van der Waals surface area contributed by atoms with Crippen molar-refractivity contribution in [2.45, 2.75) is 33.4 Å². The van der Waals surface area contributed by atoms with Gasteiger partial charge in [-0.2, -0.15) is 5.10 Å². The number of aliphatic imine (C=N–C) groups is 1. The molecule has 8 nitrogen and oxygen atoms in total. The first kappa shape index (κ1) is 21.4. The van der Waals surface area contributed by atoms with Crippen molar-refractivity contribution in [3.8, 4) is 11.5 Å². The quantitative estimate of drug-likeness (QED) is 0.456. The summed E-state index contributed by atoms with van der Waals surface area (Å²) in [5.41, 5.74) is 3.22. The van der Waals surface area contributed by atoms with E-state index in [1.807, 2.05) is 54.2 Å². The Bertz CT molecular complexity index is 1110. The van der Waals surface area contributed by atoms with Gasteiger partial charge in [-0.05, 0) is 37.6 Å². The lowest BCUT2D eigenvalue weighted by Crippen LogP contribution is -2.36. The Kier molecular flexibility index (Phi) is 6.69. The van der Waals surface area contributed by atoms with E-state index in [9.17, 15) is 4.79 Å². The molecule has 2 aromatic carbocycles. The van der Waals surface area contributed by atoms with Crippen molar-refractivity contribution in [2.24, 2.45) is 4.99 Å². The molecular formula is C24H27N5O3. The Morgan fingerprint density at radius 3 is 2.69 bits per heavy atom. The number of amides is 1. The summed E-state index contributed by atoms with van der Waals surface area (Å²) < 4.78 is 13.2. The van der Waals surface area contributed by atoms with E-state index >= 15 is 0 Å². The highest BCUT2D eigenvalue weighted by Crippen LogP contribution is 2.32. The van der Waals surface area contributed by atoms with E-state index in [2.05, 4.69) is 27.6 Å². The molecule has 2 heterocycles. The van der Waals surface area contributed by atoms with Crippen LogP contribution in [0.4, 0.5) is 5.69 Å². The molecule has 4 rings (SSSR count). The number of aryl methyl sites for hydroxylation is 2. The second-order valence-corrected chi connectivity index (χ2v) is 7.47. The average Bonchev–Trinajstić information content (AvgIpc) is 3.17. The first-order valence-electron chi connectivity index (χ1n) is 10.7. The average molecular weight is 434 g/mol. The minimum absolute atomic E-state index is 0.243. The highest BCUT2D eigenvalue weighted by Gasteiger charge is 2.14. The van der Waals surface area contributed by atoms with Gasteiger partial charge in [0.05, 0.1) is 12.2 Å². The monoisotopic (exact) mass is 433 g/mol. The van der Waals surface area contributed by atoms with Crippen molar-refractivity contribution in [3.63, 3.8) is 0 Å². The maximum atomic E-state index is 12.8. The molecule has 1 aliphatic rings. The molecule has 0 fully saturated rings. The fraction of sp³-hybridized carbons (Fsp3) is 0.292. The Morgan fingerprint density at radius 2 is 1.91 bits per heavy atom. The van der Waals surface area contributed by atoms with Gasteiger partial charge in [-0.3, -0.25) is 14.8 Å². The highest BCUT2D eigenvalue weighted by atomic mass is 16.6. The third-order valence-corrected chi connectivity index (χ3v) is 4.98. The molecule has 166 valence electrons. The molecule has 0 radical (unpaired) electrons. The van der Waals surface area contributed by atoms with E-state index in [4.69, 9.17) is 9.47 Å². The number of carbonyl (C=O) groups excluding carboxylic acids is 1. The first-order valence-corrected chi connectivity index (χ1v) is 10.7. The van der Waals surface area contributed by atoms with Crippen molar-refractivity contribution in [1.29, 1.82) is 0 Å². The highest BCUT2D eigenvalue weighted by molar-refractivity contribution is 6.10. The number of benzene rings is 2. The molecule has 0 bridgehead atoms. The van der Waals surface area contributed by atoms with Gasteiger partial charge in [0.2, 0.25) is 5.96 Å². The molecule has 1 aromatic heterocycles. The third-order valence-electron chi connectivity index (χ3n) is 4.98. The molecule has 1 amide bonds. The Morgan fingerprint density at radius 1 is 1.12 bits per heavy atom. The van der Waals surface area contributed by atoms with Crippen LogP contribution in [0, 0.1) is 6.92 Å². The summed E-state index contributed by atoms with van der Waals surface area (Å²) in [5, 5.41) is 10.6. The summed E-state index contributed by atoms with van der Waals surface area (Å²) >= 11 is 0. The van der Waals surface area contributed by atoms with Gasteiger partial charge in [-0.15, -0.1) is 0 Å². The van der Waals surface area contributed by atoms with Crippen LogP contribution in [0.25, 0.3) is 0 Å². The van der Waals surface area contributed by atoms with E-state index in [-0.39, 0.29) is 5.91 Å². The lowest BCUT2D eigenvalue weighted by Gasteiger charge is -2.19. The van der Waals surface area contributed by atoms with Gasteiger partial charge in [0.15, 0.2) is 11.5 Å². The number of ether oxygens (including phenoxy) is 2. The number of nitrogens with one attached hydrogen (secondary N) is 2. The van der Waals surface area contributed by atoms with Gasteiger partial charge in [0.25, 0.3) is 5.91 Å². The number of hydrogen-bond acceptors (Lipinski definition) is 5. The molecule has 3 aromatic rings. The zero-order valence-corrected chi connectivity index (χ0v) is 18.3. The number of aromatic nitrogens is 2. The van der Waals surface area contributed by atoms with E-state index in [0.717, 1.165) is 29.9 Å². The zero-order valence-electron chi connectivity index (χ0n) is 18.3. The summed E-state index contributed by atoms with van der Waals surface area (Å²) in [6.45, 7) is 6.36. The van der Waals surface area contributed by atoms with E-state index in [1.54, 1.807) is 12.1 Å². The molecule has 0 aliphatic carbocycles. The molecular weight excluding hydrogens is 406 g/mol. The van der Waals surface area contributed by atoms with Crippen molar-refractivity contribution in [3.05, 3.63) is 71.5 Å². The van der Waals surface area contributed by atoms with Crippen LogP contribution >= 0.6 is 0 Å². The Hall–Kier alpha value is -3.81. The minimum Gasteiger partial charge on any atom is -0.486 e. The molecule has 0 saturated carbocycles. The molecule has 2 N–H and O–H groups in total. The number of hydrogen-bond donors (Lipinski definition) is 2. The molecule has 0 spiro atoms. The van der Waals surface area contributed by atoms with Crippen LogP contribution in [0.1, 0.15) is 35.0 Å². The largest absolute Gasteiger partial charge is 0.486 e. The first-order chi connectivity index (χ1) is 15.6. The standard InChI is InChI=1S/C24H27N5O3/c1-3-11-29-16-19(17(2)28-29)15-25-24(27-23(30)18-7-5-4-6-8-18)26-20-9-10-21-22(14-20)32-13-12-31-21/h4-10,14,16H,3,11-13,15H2,1-2H3,(H2,25,26,27,30). The maximum Gasteiger partial charge on any atom is 0.257 e. The number of rotatable bonds is 6.